The Morgan fingerprint density at radius 3 is 0.977 bits per heavy atom. The number of benzene rings is 6. The van der Waals surface area contributed by atoms with Gasteiger partial charge in [-0.1, -0.05) is 224 Å². The Kier molecular flexibility index (Phi) is 30.6. The van der Waals surface area contributed by atoms with Gasteiger partial charge in [0, 0.05) is 97.9 Å². The van der Waals surface area contributed by atoms with Crippen LogP contribution in [0.15, 0.2) is 305 Å². The van der Waals surface area contributed by atoms with Gasteiger partial charge in [0.1, 0.15) is 135 Å². The van der Waals surface area contributed by atoms with Crippen LogP contribution in [-0.2, 0) is 87.7 Å². The fourth-order valence-corrected chi connectivity index (χ4v) is 14.8. The molecule has 1 fully saturated rings. The van der Waals surface area contributed by atoms with Crippen LogP contribution in [0.2, 0.25) is 0 Å². The lowest BCUT2D eigenvalue weighted by molar-refractivity contribution is -0.325. The summed E-state index contributed by atoms with van der Waals surface area (Å²) >= 11 is 0. The number of allylic oxidation sites excluding steroid dienone is 18. The first-order valence-electron chi connectivity index (χ1n) is 43.1. The van der Waals surface area contributed by atoms with E-state index in [0.29, 0.717) is 108 Å². The maximum atomic E-state index is 9.70. The Labute approximate surface area is 765 Å². The van der Waals surface area contributed by atoms with Gasteiger partial charge in [-0.2, -0.15) is 31.6 Å². The lowest BCUT2D eigenvalue weighted by atomic mass is 9.80. The molecule has 7 heterocycles. The van der Waals surface area contributed by atoms with Gasteiger partial charge >= 0.3 is 0 Å². The zero-order valence-corrected chi connectivity index (χ0v) is 75.9. The van der Waals surface area contributed by atoms with Crippen LogP contribution in [0, 0.1) is 84.2 Å². The average molecular weight is 1750 g/mol. The Morgan fingerprint density at radius 2 is 0.687 bits per heavy atom. The van der Waals surface area contributed by atoms with E-state index < -0.39 is 36.3 Å². The van der Waals surface area contributed by atoms with Gasteiger partial charge < -0.3 is 57.3 Å². The van der Waals surface area contributed by atoms with E-state index >= 15 is 0 Å². The standard InChI is InChI=1S/C104H106N18O9/c1-101(2,3)94-56-75(78(59-105)60-106)53-90(128-94)44-35-72-29-38-87(39-30-72)117(10)47-50-120-65-84(111-114-120)68-124-97-93(71-127-104(81-23-17-14-18-24-81,82-25-19-15-20-26-82)83-27-21-16-22-28-83)131-100(123-13)99(126-70-86-67-122(116-113-86)52-49-119(12)89-42-33-74(34-43-89)37-46-92-55-77(80(63-109)64-110)58-96(130-92)103(7,8)9)98(97)125-69-85-66-121(115-112-85)51-48-118(11)88-40-31-73(32-41-88)36-45-91-54-76(79(61-107)62-108)57-95(129-91)102(4,5)6/h14-46,53-58,65-67,93,97-100H,47-52,68-71H2,1-13H3/b44-35+,45-36+,46-37+/t93-,97-,98+,99-,100+/m1/s1. The molecule has 0 saturated carbocycles. The number of nitrogens with zero attached hydrogens (tertiary/aromatic N) is 18. The third-order valence-corrected chi connectivity index (χ3v) is 22.4. The maximum absolute atomic E-state index is 9.70. The van der Waals surface area contributed by atoms with Gasteiger partial charge in [0.2, 0.25) is 0 Å². The molecule has 3 aromatic heterocycles. The molecule has 131 heavy (non-hydrogen) atoms. The second kappa shape index (κ2) is 42.8. The smallest absolute Gasteiger partial charge is 0.186 e. The van der Waals surface area contributed by atoms with Gasteiger partial charge in [-0.05, 0) is 124 Å². The first kappa shape index (κ1) is 93.8. The molecule has 27 nitrogen and oxygen atoms in total. The molecule has 0 amide bonds. The molecule has 666 valence electrons. The number of ether oxygens (including phenoxy) is 9. The lowest BCUT2D eigenvalue weighted by Crippen LogP contribution is -2.62. The highest BCUT2D eigenvalue weighted by Crippen LogP contribution is 2.44. The van der Waals surface area contributed by atoms with Crippen LogP contribution in [0.1, 0.15) is 113 Å². The van der Waals surface area contributed by atoms with Crippen LogP contribution in [0.5, 0.6) is 0 Å². The molecule has 27 heteroatoms. The van der Waals surface area contributed by atoms with E-state index in [1.54, 1.807) is 57.6 Å². The topological polar surface area (TPSA) is 328 Å². The molecule has 4 aliphatic heterocycles. The van der Waals surface area contributed by atoms with E-state index in [1.807, 2.05) is 302 Å². The first-order valence-corrected chi connectivity index (χ1v) is 43.1. The third-order valence-electron chi connectivity index (χ3n) is 22.4. The van der Waals surface area contributed by atoms with Crippen molar-refractivity contribution in [2.75, 3.05) is 69.2 Å². The molecule has 0 unspecified atom stereocenters. The van der Waals surface area contributed by atoms with Crippen molar-refractivity contribution in [2.45, 2.75) is 138 Å². The summed E-state index contributed by atoms with van der Waals surface area (Å²) in [5.74, 6) is 3.49. The Morgan fingerprint density at radius 1 is 0.389 bits per heavy atom. The molecule has 4 aliphatic rings. The predicted molar refractivity (Wildman–Crippen MR) is 498 cm³/mol. The minimum atomic E-state index is -1.18. The van der Waals surface area contributed by atoms with Crippen molar-refractivity contribution in [1.29, 1.82) is 31.6 Å². The summed E-state index contributed by atoms with van der Waals surface area (Å²) in [5.41, 5.74) is 9.14. The zero-order valence-electron chi connectivity index (χ0n) is 75.9. The first-order chi connectivity index (χ1) is 63.1. The van der Waals surface area contributed by atoms with E-state index in [2.05, 4.69) is 82.0 Å². The van der Waals surface area contributed by atoms with Crippen LogP contribution in [0.3, 0.4) is 0 Å². The van der Waals surface area contributed by atoms with Crippen LogP contribution in [-0.4, -0.2) is 130 Å². The quantitative estimate of drug-likeness (QED) is 0.0267. The molecule has 0 N–H and O–H groups in total. The van der Waals surface area contributed by atoms with Crippen molar-refractivity contribution in [3.8, 4) is 36.4 Å². The highest BCUT2D eigenvalue weighted by molar-refractivity contribution is 5.64. The number of rotatable bonds is 34. The van der Waals surface area contributed by atoms with Crippen molar-refractivity contribution in [1.82, 2.24) is 45.0 Å². The summed E-state index contributed by atoms with van der Waals surface area (Å²) in [6.45, 7) is 21.0. The van der Waals surface area contributed by atoms with Gasteiger partial charge in [0.05, 0.1) is 64.7 Å². The van der Waals surface area contributed by atoms with Crippen molar-refractivity contribution in [3.63, 3.8) is 0 Å². The van der Waals surface area contributed by atoms with Crippen molar-refractivity contribution >= 4 is 35.3 Å². The summed E-state index contributed by atoms with van der Waals surface area (Å²) in [7, 11) is 7.60. The van der Waals surface area contributed by atoms with Crippen molar-refractivity contribution < 1.29 is 42.6 Å². The summed E-state index contributed by atoms with van der Waals surface area (Å²) in [5, 5.41) is 85.9. The number of hydrogen-bond acceptors (Lipinski definition) is 24. The minimum absolute atomic E-state index is 0.0104. The SMILES string of the molecule is CO[C@H]1O[C@H](COC(c2ccccc2)(c2ccccc2)c2ccccc2)[C@@H](OCc2cn(CCN(C)c3ccc(/C=C/C4=CC(=C(C#N)C#N)C=C(C(C)(C)C)O4)cc3)nn2)[C@H](OCc2cn(CCN(C)c3ccc(/C=C/C4=CC(=C(C#N)C#N)C=C(C(C)(C)C)O4)cc3)nn2)[C@H]1OCc1cn(CCN(C)c2ccc(/C=C/C3=CC(=C(C#N)C#N)C=C(C(C)(C)C)O3)cc2)nn1. The molecule has 6 aromatic carbocycles. The molecule has 5 atom stereocenters. The second-order valence-corrected chi connectivity index (χ2v) is 35.0. The highest BCUT2D eigenvalue weighted by atomic mass is 16.7. The lowest BCUT2D eigenvalue weighted by Gasteiger charge is -2.46. The van der Waals surface area contributed by atoms with Crippen molar-refractivity contribution in [3.05, 3.63) is 356 Å². The number of likely N-dealkylation sites (N-methyl/N-ethyl adjacent to an activating group) is 3. The van der Waals surface area contributed by atoms with E-state index in [9.17, 15) is 31.6 Å². The van der Waals surface area contributed by atoms with E-state index in [1.165, 1.54) is 0 Å². The molecular formula is C104H106N18O9. The van der Waals surface area contributed by atoms with E-state index in [4.69, 9.17) is 42.6 Å². The third kappa shape index (κ3) is 24.1. The molecule has 0 aliphatic carbocycles. The van der Waals surface area contributed by atoms with Gasteiger partial charge in [-0.25, -0.2) is 0 Å². The van der Waals surface area contributed by atoms with Gasteiger partial charge in [-0.3, -0.25) is 14.0 Å². The normalized spacial score (nSPS) is 17.1. The fraction of sp³-hybridized carbons (Fsp3) is 0.308. The van der Waals surface area contributed by atoms with E-state index in [0.717, 1.165) is 50.4 Å². The molecule has 13 rings (SSSR count). The average Bonchev–Trinajstić information content (AvgIpc) is 0.892. The van der Waals surface area contributed by atoms with Gasteiger partial charge in [-0.15, -0.1) is 15.3 Å². The number of hydrogen-bond donors (Lipinski definition) is 0. The summed E-state index contributed by atoms with van der Waals surface area (Å²) in [6, 6.07) is 66.6. The second-order valence-electron chi connectivity index (χ2n) is 35.0. The molecule has 1 saturated heterocycles. The number of aromatic nitrogens is 9. The molecular weight excluding hydrogens is 1650 g/mol. The molecule has 9 aromatic rings. The van der Waals surface area contributed by atoms with Crippen molar-refractivity contribution in [2.24, 2.45) is 16.2 Å². The Bertz CT molecular complexity index is 6060. The fourth-order valence-electron chi connectivity index (χ4n) is 14.8. The molecule has 0 bridgehead atoms. The van der Waals surface area contributed by atoms with Crippen LogP contribution in [0.4, 0.5) is 17.1 Å². The van der Waals surface area contributed by atoms with Gasteiger partial charge in [0.15, 0.2) is 6.29 Å². The largest absolute Gasteiger partial charge is 0.461 e. The summed E-state index contributed by atoms with van der Waals surface area (Å²) in [6.07, 6.45) is 22.3. The predicted octanol–water partition coefficient (Wildman–Crippen LogP) is 17.9. The maximum Gasteiger partial charge on any atom is 0.186 e. The zero-order chi connectivity index (χ0) is 92.8. The minimum Gasteiger partial charge on any atom is -0.461 e. The monoisotopic (exact) mass is 1750 g/mol. The molecule has 0 radical (unpaired) electrons. The van der Waals surface area contributed by atoms with Crippen LogP contribution in [0.25, 0.3) is 18.2 Å². The Balaban J connectivity index is 0.748. The number of nitriles is 6. The van der Waals surface area contributed by atoms with Gasteiger partial charge in [0.25, 0.3) is 0 Å². The number of methoxy groups -OCH3 is 1. The highest BCUT2D eigenvalue weighted by Gasteiger charge is 2.51. The summed E-state index contributed by atoms with van der Waals surface area (Å²) in [4.78, 5) is 6.38. The Hall–Kier alpha value is -14.9. The van der Waals surface area contributed by atoms with Crippen LogP contribution < -0.4 is 14.7 Å². The summed E-state index contributed by atoms with van der Waals surface area (Å²) < 4.78 is 66.7. The number of anilines is 3. The van der Waals surface area contributed by atoms with Crippen LogP contribution >= 0.6 is 0 Å². The molecule has 0 spiro atoms. The van der Waals surface area contributed by atoms with E-state index in [-0.39, 0.29) is 59.4 Å².